The van der Waals surface area contributed by atoms with Gasteiger partial charge in [0, 0.05) is 6.07 Å². The molecule has 9 heteroatoms. The molecule has 0 aliphatic carbocycles. The third kappa shape index (κ3) is 3.51. The Hall–Kier alpha value is -2.94. The van der Waals surface area contributed by atoms with Gasteiger partial charge in [-0.15, -0.1) is 0 Å². The molecule has 0 saturated carbocycles. The van der Waals surface area contributed by atoms with Crippen LogP contribution in [0, 0.1) is 0 Å². The van der Waals surface area contributed by atoms with Gasteiger partial charge in [0.1, 0.15) is 5.75 Å². The lowest BCUT2D eigenvalue weighted by Gasteiger charge is -2.12. The smallest absolute Gasteiger partial charge is 0.335 e. The Kier molecular flexibility index (Phi) is 4.84. The van der Waals surface area contributed by atoms with Crippen LogP contribution in [-0.4, -0.2) is 38.8 Å². The number of phenols is 1. The van der Waals surface area contributed by atoms with E-state index in [-0.39, 0.29) is 21.9 Å². The van der Waals surface area contributed by atoms with Crippen molar-refractivity contribution in [3.8, 4) is 17.2 Å². The van der Waals surface area contributed by atoms with E-state index >= 15 is 0 Å². The van der Waals surface area contributed by atoms with Crippen molar-refractivity contribution in [1.29, 1.82) is 0 Å². The Bertz CT molecular complexity index is 877. The summed E-state index contributed by atoms with van der Waals surface area (Å²) in [6.45, 7) is 0. The number of carbonyl (C=O) groups is 1. The lowest BCUT2D eigenvalue weighted by Crippen LogP contribution is -2.13. The second kappa shape index (κ2) is 6.67. The van der Waals surface area contributed by atoms with Crippen LogP contribution in [-0.2, 0) is 10.0 Å². The molecule has 0 heterocycles. The summed E-state index contributed by atoms with van der Waals surface area (Å²) in [7, 11) is -1.22. The highest BCUT2D eigenvalue weighted by atomic mass is 32.2. The Labute approximate surface area is 138 Å². The van der Waals surface area contributed by atoms with Crippen LogP contribution in [0.2, 0.25) is 0 Å². The number of hydrogen-bond donors (Lipinski definition) is 3. The number of aromatic carboxylic acids is 1. The Morgan fingerprint density at radius 3 is 2.25 bits per heavy atom. The van der Waals surface area contributed by atoms with Gasteiger partial charge in [-0.25, -0.2) is 13.2 Å². The van der Waals surface area contributed by atoms with E-state index in [0.717, 1.165) is 12.1 Å². The summed E-state index contributed by atoms with van der Waals surface area (Å²) in [5.74, 6) is -1.14. The Morgan fingerprint density at radius 2 is 1.71 bits per heavy atom. The van der Waals surface area contributed by atoms with Crippen molar-refractivity contribution >= 4 is 21.7 Å². The summed E-state index contributed by atoms with van der Waals surface area (Å²) in [5.41, 5.74) is -0.309. The van der Waals surface area contributed by atoms with E-state index in [2.05, 4.69) is 4.72 Å². The van der Waals surface area contributed by atoms with Crippen LogP contribution in [0.25, 0.3) is 0 Å². The first-order chi connectivity index (χ1) is 11.3. The number of nitrogens with one attached hydrogen (secondary N) is 1. The maximum Gasteiger partial charge on any atom is 0.335 e. The van der Waals surface area contributed by atoms with Gasteiger partial charge in [-0.2, -0.15) is 0 Å². The number of phenolic OH excluding ortho intramolecular Hbond substituents is 1. The minimum atomic E-state index is -4.02. The van der Waals surface area contributed by atoms with Crippen molar-refractivity contribution in [2.75, 3.05) is 18.9 Å². The maximum atomic E-state index is 12.4. The van der Waals surface area contributed by atoms with Gasteiger partial charge in [-0.1, -0.05) is 0 Å². The number of methoxy groups -OCH3 is 2. The average molecular weight is 353 g/mol. The molecule has 2 aromatic carbocycles. The number of rotatable bonds is 6. The van der Waals surface area contributed by atoms with Crippen LogP contribution in [0.4, 0.5) is 5.69 Å². The van der Waals surface area contributed by atoms with Crippen molar-refractivity contribution in [1.82, 2.24) is 0 Å². The molecule has 0 unspecified atom stereocenters. The largest absolute Gasteiger partial charge is 0.506 e. The number of anilines is 1. The molecule has 0 spiro atoms. The lowest BCUT2D eigenvalue weighted by molar-refractivity contribution is 0.0696. The van der Waals surface area contributed by atoms with Gasteiger partial charge in [0.2, 0.25) is 0 Å². The molecular weight excluding hydrogens is 338 g/mol. The van der Waals surface area contributed by atoms with E-state index in [0.29, 0.717) is 5.75 Å². The number of aromatic hydroxyl groups is 1. The van der Waals surface area contributed by atoms with Gasteiger partial charge in [-0.05, 0) is 30.3 Å². The number of carboxylic acid groups (broad SMARTS) is 1. The number of sulfonamides is 1. The fourth-order valence-corrected chi connectivity index (χ4v) is 3.03. The van der Waals surface area contributed by atoms with Crippen LogP contribution >= 0.6 is 0 Å². The fourth-order valence-electron chi connectivity index (χ4n) is 1.94. The Morgan fingerprint density at radius 1 is 1.04 bits per heavy atom. The number of hydrogen-bond acceptors (Lipinski definition) is 6. The zero-order chi connectivity index (χ0) is 17.9. The standard InChI is InChI=1S/C15H15NO7S/c1-22-13-6-4-10(8-14(13)23-2)24(20,21)16-11-5-3-9(15(18)19)7-12(11)17/h3-8,16-17H,1-2H3,(H,18,19). The highest BCUT2D eigenvalue weighted by Gasteiger charge is 2.19. The van der Waals surface area contributed by atoms with Crippen LogP contribution in [0.1, 0.15) is 10.4 Å². The van der Waals surface area contributed by atoms with E-state index in [1.54, 1.807) is 0 Å². The van der Waals surface area contributed by atoms with Crippen LogP contribution in [0.5, 0.6) is 17.2 Å². The zero-order valence-corrected chi connectivity index (χ0v) is 13.6. The third-order valence-electron chi connectivity index (χ3n) is 3.15. The highest BCUT2D eigenvalue weighted by Crippen LogP contribution is 2.31. The molecule has 0 atom stereocenters. The average Bonchev–Trinajstić information content (AvgIpc) is 2.55. The van der Waals surface area contributed by atoms with E-state index in [9.17, 15) is 18.3 Å². The summed E-state index contributed by atoms with van der Waals surface area (Å²) in [4.78, 5) is 10.7. The van der Waals surface area contributed by atoms with Gasteiger partial charge < -0.3 is 19.7 Å². The van der Waals surface area contributed by atoms with Gasteiger partial charge in [-0.3, -0.25) is 4.72 Å². The van der Waals surface area contributed by atoms with Gasteiger partial charge in [0.15, 0.2) is 11.5 Å². The van der Waals surface area contributed by atoms with Gasteiger partial charge in [0.05, 0.1) is 30.4 Å². The van der Waals surface area contributed by atoms with Crippen LogP contribution < -0.4 is 14.2 Å². The molecule has 0 bridgehead atoms. The molecular formula is C15H15NO7S. The summed E-state index contributed by atoms with van der Waals surface area (Å²) in [6.07, 6.45) is 0. The maximum absolute atomic E-state index is 12.4. The van der Waals surface area contributed by atoms with E-state index in [1.807, 2.05) is 0 Å². The first kappa shape index (κ1) is 17.4. The van der Waals surface area contributed by atoms with Crippen LogP contribution in [0.3, 0.4) is 0 Å². The molecule has 0 saturated heterocycles. The second-order valence-electron chi connectivity index (χ2n) is 4.66. The molecule has 0 amide bonds. The molecule has 0 fully saturated rings. The van der Waals surface area contributed by atoms with E-state index < -0.39 is 21.7 Å². The minimum Gasteiger partial charge on any atom is -0.506 e. The van der Waals surface area contributed by atoms with Crippen molar-refractivity contribution < 1.29 is 32.9 Å². The molecule has 128 valence electrons. The summed E-state index contributed by atoms with van der Waals surface area (Å²) < 4.78 is 37.1. The number of carboxylic acids is 1. The van der Waals surface area contributed by atoms with Gasteiger partial charge >= 0.3 is 5.97 Å². The first-order valence-electron chi connectivity index (χ1n) is 6.59. The topological polar surface area (TPSA) is 122 Å². The monoisotopic (exact) mass is 353 g/mol. The lowest BCUT2D eigenvalue weighted by atomic mass is 10.2. The van der Waals surface area contributed by atoms with E-state index in [4.69, 9.17) is 14.6 Å². The van der Waals surface area contributed by atoms with Crippen molar-refractivity contribution in [2.24, 2.45) is 0 Å². The highest BCUT2D eigenvalue weighted by molar-refractivity contribution is 7.92. The van der Waals surface area contributed by atoms with Crippen LogP contribution in [0.15, 0.2) is 41.3 Å². The van der Waals surface area contributed by atoms with Crippen molar-refractivity contribution in [2.45, 2.75) is 4.90 Å². The summed E-state index contributed by atoms with van der Waals surface area (Å²) >= 11 is 0. The van der Waals surface area contributed by atoms with Gasteiger partial charge in [0.25, 0.3) is 10.0 Å². The van der Waals surface area contributed by atoms with Crippen molar-refractivity contribution in [3.63, 3.8) is 0 Å². The quantitative estimate of drug-likeness (QED) is 0.678. The molecule has 0 radical (unpaired) electrons. The predicted octanol–water partition coefficient (Wildman–Crippen LogP) is 1.91. The molecule has 3 N–H and O–H groups in total. The SMILES string of the molecule is COc1ccc(S(=O)(=O)Nc2ccc(C(=O)O)cc2O)cc1OC. The molecule has 0 aliphatic rings. The molecule has 24 heavy (non-hydrogen) atoms. The molecule has 2 rings (SSSR count). The second-order valence-corrected chi connectivity index (χ2v) is 6.34. The summed E-state index contributed by atoms with van der Waals surface area (Å²) in [5, 5.41) is 18.6. The normalized spacial score (nSPS) is 10.9. The predicted molar refractivity (Wildman–Crippen MR) is 85.4 cm³/mol. The molecule has 8 nitrogen and oxygen atoms in total. The first-order valence-corrected chi connectivity index (χ1v) is 8.08. The van der Waals surface area contributed by atoms with Crippen molar-refractivity contribution in [3.05, 3.63) is 42.0 Å². The fraction of sp³-hybridized carbons (Fsp3) is 0.133. The number of benzene rings is 2. The summed E-state index contributed by atoms with van der Waals surface area (Å²) in [6, 6.07) is 7.30. The Balaban J connectivity index is 2.37. The molecule has 0 aromatic heterocycles. The minimum absolute atomic E-state index is 0.109. The van der Waals surface area contributed by atoms with E-state index in [1.165, 1.54) is 38.5 Å². The number of ether oxygens (including phenoxy) is 2. The zero-order valence-electron chi connectivity index (χ0n) is 12.8. The molecule has 2 aromatic rings. The molecule has 0 aliphatic heterocycles. The third-order valence-corrected chi connectivity index (χ3v) is 4.52.